The predicted molar refractivity (Wildman–Crippen MR) is 100 cm³/mol. The van der Waals surface area contributed by atoms with Gasteiger partial charge < -0.3 is 19.1 Å². The Bertz CT molecular complexity index is 941. The lowest BCUT2D eigenvalue weighted by Crippen LogP contribution is -2.48. The molecule has 2 aromatic heterocycles. The van der Waals surface area contributed by atoms with Crippen LogP contribution in [0.15, 0.2) is 59.4 Å². The van der Waals surface area contributed by atoms with Gasteiger partial charge in [0.1, 0.15) is 11.4 Å². The number of fused-ring (bicyclic) bond motifs is 1. The van der Waals surface area contributed by atoms with Crippen molar-refractivity contribution in [3.05, 3.63) is 60.6 Å². The third-order valence-corrected chi connectivity index (χ3v) is 4.57. The van der Waals surface area contributed by atoms with Crippen molar-refractivity contribution in [3.8, 4) is 17.0 Å². The molecular formula is C20H20N4O3. The average molecular weight is 364 g/mol. The van der Waals surface area contributed by atoms with Crippen molar-refractivity contribution in [1.29, 1.82) is 0 Å². The predicted octanol–water partition coefficient (Wildman–Crippen LogP) is 2.59. The van der Waals surface area contributed by atoms with Crippen LogP contribution in [0.5, 0.6) is 5.75 Å². The molecule has 0 radical (unpaired) electrons. The first-order valence-electron chi connectivity index (χ1n) is 8.69. The zero-order valence-electron chi connectivity index (χ0n) is 15.2. The third kappa shape index (κ3) is 3.48. The summed E-state index contributed by atoms with van der Waals surface area (Å²) in [5.74, 6) is 1.23. The molecule has 4 rings (SSSR count). The lowest BCUT2D eigenvalue weighted by Gasteiger charge is -2.34. The molecule has 0 bridgehead atoms. The number of hydrogen-bond donors (Lipinski definition) is 0. The van der Waals surface area contributed by atoms with Crippen molar-refractivity contribution < 1.29 is 14.1 Å². The molecule has 1 unspecified atom stereocenters. The standard InChI is InChI=1S/C20H20N4O3/c1-23-13-19(26-18-6-4-3-5-17(18)23)20(25)24(2)12-15-11-16(22-27-15)14-7-9-21-10-8-14/h3-11,19H,12-13H2,1-2H3. The van der Waals surface area contributed by atoms with Gasteiger partial charge in [-0.25, -0.2) is 0 Å². The lowest BCUT2D eigenvalue weighted by atomic mass is 10.1. The number of nitrogens with zero attached hydrogens (tertiary/aromatic N) is 4. The van der Waals surface area contributed by atoms with Crippen molar-refractivity contribution in [3.63, 3.8) is 0 Å². The van der Waals surface area contributed by atoms with E-state index < -0.39 is 6.10 Å². The van der Waals surface area contributed by atoms with Crippen LogP contribution < -0.4 is 9.64 Å². The Morgan fingerprint density at radius 1 is 1.26 bits per heavy atom. The molecule has 1 aliphatic heterocycles. The molecule has 27 heavy (non-hydrogen) atoms. The van der Waals surface area contributed by atoms with E-state index >= 15 is 0 Å². The SMILES string of the molecule is CN(Cc1cc(-c2ccncc2)no1)C(=O)C1CN(C)c2ccccc2O1. The van der Waals surface area contributed by atoms with Crippen molar-refractivity contribution >= 4 is 11.6 Å². The van der Waals surface area contributed by atoms with Gasteiger partial charge in [-0.15, -0.1) is 0 Å². The van der Waals surface area contributed by atoms with Crippen molar-refractivity contribution in [2.24, 2.45) is 0 Å². The Balaban J connectivity index is 1.44. The van der Waals surface area contributed by atoms with E-state index in [2.05, 4.69) is 10.1 Å². The van der Waals surface area contributed by atoms with Gasteiger partial charge in [0.15, 0.2) is 11.9 Å². The van der Waals surface area contributed by atoms with Gasteiger partial charge in [-0.1, -0.05) is 17.3 Å². The van der Waals surface area contributed by atoms with Gasteiger partial charge in [-0.05, 0) is 24.3 Å². The highest BCUT2D eigenvalue weighted by Gasteiger charge is 2.31. The molecule has 3 heterocycles. The van der Waals surface area contributed by atoms with Gasteiger partial charge in [-0.3, -0.25) is 9.78 Å². The van der Waals surface area contributed by atoms with E-state index in [1.165, 1.54) is 0 Å². The molecule has 0 spiro atoms. The molecule has 0 N–H and O–H groups in total. The summed E-state index contributed by atoms with van der Waals surface area (Å²) < 4.78 is 11.3. The normalized spacial score (nSPS) is 15.8. The molecule has 1 aliphatic rings. The molecule has 0 fully saturated rings. The van der Waals surface area contributed by atoms with Gasteiger partial charge in [-0.2, -0.15) is 0 Å². The zero-order chi connectivity index (χ0) is 18.8. The maximum absolute atomic E-state index is 12.8. The molecule has 0 saturated heterocycles. The molecule has 0 saturated carbocycles. The molecule has 1 amide bonds. The fourth-order valence-electron chi connectivity index (χ4n) is 3.14. The van der Waals surface area contributed by atoms with Crippen LogP contribution in [-0.2, 0) is 11.3 Å². The minimum absolute atomic E-state index is 0.0989. The summed E-state index contributed by atoms with van der Waals surface area (Å²) in [7, 11) is 3.69. The summed E-state index contributed by atoms with van der Waals surface area (Å²) >= 11 is 0. The Morgan fingerprint density at radius 3 is 2.85 bits per heavy atom. The van der Waals surface area contributed by atoms with Crippen LogP contribution in [0.25, 0.3) is 11.3 Å². The molecule has 0 aliphatic carbocycles. The lowest BCUT2D eigenvalue weighted by molar-refractivity contribution is -0.138. The van der Waals surface area contributed by atoms with Crippen LogP contribution in [0.1, 0.15) is 5.76 Å². The number of rotatable bonds is 4. The van der Waals surface area contributed by atoms with Crippen LogP contribution in [-0.4, -0.2) is 47.7 Å². The van der Waals surface area contributed by atoms with Crippen LogP contribution >= 0.6 is 0 Å². The molecule has 7 nitrogen and oxygen atoms in total. The second-order valence-electron chi connectivity index (χ2n) is 6.56. The highest BCUT2D eigenvalue weighted by Crippen LogP contribution is 2.32. The highest BCUT2D eigenvalue weighted by atomic mass is 16.5. The molecular weight excluding hydrogens is 344 g/mol. The van der Waals surface area contributed by atoms with E-state index in [4.69, 9.17) is 9.26 Å². The minimum atomic E-state index is -0.558. The van der Waals surface area contributed by atoms with Crippen LogP contribution in [0, 0.1) is 0 Å². The van der Waals surface area contributed by atoms with Gasteiger partial charge in [0.25, 0.3) is 5.91 Å². The second kappa shape index (κ2) is 7.11. The summed E-state index contributed by atoms with van der Waals surface area (Å²) in [6, 6.07) is 13.3. The number of carbonyl (C=O) groups is 1. The minimum Gasteiger partial charge on any atom is -0.477 e. The van der Waals surface area contributed by atoms with E-state index in [0.29, 0.717) is 18.8 Å². The number of hydrogen-bond acceptors (Lipinski definition) is 6. The number of pyridine rings is 1. The maximum atomic E-state index is 12.8. The topological polar surface area (TPSA) is 71.7 Å². The summed E-state index contributed by atoms with van der Waals surface area (Å²) in [6.45, 7) is 0.820. The van der Waals surface area contributed by atoms with Gasteiger partial charge in [0, 0.05) is 38.1 Å². The third-order valence-electron chi connectivity index (χ3n) is 4.57. The number of anilines is 1. The first kappa shape index (κ1) is 17.1. The quantitative estimate of drug-likeness (QED) is 0.709. The van der Waals surface area contributed by atoms with E-state index in [0.717, 1.165) is 22.7 Å². The van der Waals surface area contributed by atoms with E-state index in [1.807, 2.05) is 54.4 Å². The smallest absolute Gasteiger partial charge is 0.265 e. The summed E-state index contributed by atoms with van der Waals surface area (Å²) in [5.41, 5.74) is 2.63. The van der Waals surface area contributed by atoms with Crippen molar-refractivity contribution in [2.75, 3.05) is 25.5 Å². The first-order valence-corrected chi connectivity index (χ1v) is 8.69. The zero-order valence-corrected chi connectivity index (χ0v) is 15.2. The van der Waals surface area contributed by atoms with Gasteiger partial charge >= 0.3 is 0 Å². The maximum Gasteiger partial charge on any atom is 0.265 e. The number of benzene rings is 1. The number of amides is 1. The summed E-state index contributed by atoms with van der Waals surface area (Å²) in [5, 5.41) is 4.07. The van der Waals surface area contributed by atoms with E-state index in [9.17, 15) is 4.79 Å². The fraction of sp³-hybridized carbons (Fsp3) is 0.250. The Hall–Kier alpha value is -3.35. The molecule has 1 aromatic carbocycles. The highest BCUT2D eigenvalue weighted by molar-refractivity contribution is 5.83. The fourth-order valence-corrected chi connectivity index (χ4v) is 3.14. The molecule has 138 valence electrons. The molecule has 3 aromatic rings. The Kier molecular flexibility index (Phi) is 4.50. The van der Waals surface area contributed by atoms with E-state index in [-0.39, 0.29) is 5.91 Å². The summed E-state index contributed by atoms with van der Waals surface area (Å²) in [6.07, 6.45) is 2.85. The van der Waals surface area contributed by atoms with Gasteiger partial charge in [0.2, 0.25) is 0 Å². The van der Waals surface area contributed by atoms with Crippen molar-refractivity contribution in [1.82, 2.24) is 15.0 Å². The first-order chi connectivity index (χ1) is 13.1. The van der Waals surface area contributed by atoms with Crippen LogP contribution in [0.3, 0.4) is 0 Å². The van der Waals surface area contributed by atoms with Crippen LogP contribution in [0.2, 0.25) is 0 Å². The number of likely N-dealkylation sites (N-methyl/N-ethyl adjacent to an activating group) is 2. The number of aromatic nitrogens is 2. The Morgan fingerprint density at radius 2 is 2.04 bits per heavy atom. The van der Waals surface area contributed by atoms with Crippen molar-refractivity contribution in [2.45, 2.75) is 12.6 Å². The average Bonchev–Trinajstić information content (AvgIpc) is 3.16. The number of para-hydroxylation sites is 2. The Labute approximate surface area is 157 Å². The molecule has 7 heteroatoms. The number of carbonyl (C=O) groups excluding carboxylic acids is 1. The van der Waals surface area contributed by atoms with Crippen LogP contribution in [0.4, 0.5) is 5.69 Å². The number of ether oxygens (including phenoxy) is 1. The summed E-state index contributed by atoms with van der Waals surface area (Å²) in [4.78, 5) is 20.5. The molecule has 1 atom stereocenters. The van der Waals surface area contributed by atoms with E-state index in [1.54, 1.807) is 24.3 Å². The monoisotopic (exact) mass is 364 g/mol. The second-order valence-corrected chi connectivity index (χ2v) is 6.56. The largest absolute Gasteiger partial charge is 0.477 e. The van der Waals surface area contributed by atoms with Gasteiger partial charge in [0.05, 0.1) is 18.8 Å².